The topological polar surface area (TPSA) is 58.6 Å². The summed E-state index contributed by atoms with van der Waals surface area (Å²) < 4.78 is 5.99. The van der Waals surface area contributed by atoms with Gasteiger partial charge in [0.1, 0.15) is 6.10 Å². The predicted octanol–water partition coefficient (Wildman–Crippen LogP) is 3.34. The van der Waals surface area contributed by atoms with Crippen LogP contribution in [-0.2, 0) is 0 Å². The van der Waals surface area contributed by atoms with Crippen molar-refractivity contribution in [3.05, 3.63) is 42.0 Å². The summed E-state index contributed by atoms with van der Waals surface area (Å²) in [6, 6.07) is 11.5. The SMILES string of the molecule is CCSc1ccccc1C(=O)N1CCCC(Oc2ccc(N(C)C)nn2)C1. The lowest BCUT2D eigenvalue weighted by Gasteiger charge is -2.33. The Balaban J connectivity index is 1.66. The number of anilines is 1. The molecule has 1 aliphatic rings. The Morgan fingerprint density at radius 1 is 1.26 bits per heavy atom. The Bertz CT molecular complexity index is 767. The minimum absolute atomic E-state index is 0.0619. The van der Waals surface area contributed by atoms with E-state index in [2.05, 4.69) is 17.1 Å². The maximum absolute atomic E-state index is 13.0. The fraction of sp³-hybridized carbons (Fsp3) is 0.450. The molecular formula is C20H26N4O2S. The maximum atomic E-state index is 13.0. The summed E-state index contributed by atoms with van der Waals surface area (Å²) >= 11 is 1.70. The predicted molar refractivity (Wildman–Crippen MR) is 109 cm³/mol. The van der Waals surface area contributed by atoms with E-state index in [4.69, 9.17) is 4.74 Å². The van der Waals surface area contributed by atoms with Crippen LogP contribution in [0, 0.1) is 0 Å². The summed E-state index contributed by atoms with van der Waals surface area (Å²) in [6.07, 6.45) is 1.77. The fourth-order valence-electron chi connectivity index (χ4n) is 3.10. The molecule has 27 heavy (non-hydrogen) atoms. The fourth-order valence-corrected chi connectivity index (χ4v) is 3.90. The van der Waals surface area contributed by atoms with E-state index in [1.54, 1.807) is 11.8 Å². The van der Waals surface area contributed by atoms with Crippen molar-refractivity contribution in [3.63, 3.8) is 0 Å². The molecule has 2 heterocycles. The van der Waals surface area contributed by atoms with E-state index in [-0.39, 0.29) is 12.0 Å². The second-order valence-corrected chi connectivity index (χ2v) is 7.99. The van der Waals surface area contributed by atoms with Gasteiger partial charge in [-0.1, -0.05) is 19.1 Å². The van der Waals surface area contributed by atoms with Gasteiger partial charge in [0.2, 0.25) is 5.88 Å². The molecule has 0 spiro atoms. The number of benzene rings is 1. The second kappa shape index (κ2) is 9.08. The number of rotatable bonds is 6. The van der Waals surface area contributed by atoms with E-state index < -0.39 is 0 Å². The van der Waals surface area contributed by atoms with E-state index in [0.29, 0.717) is 12.4 Å². The van der Waals surface area contributed by atoms with Crippen LogP contribution in [0.5, 0.6) is 5.88 Å². The van der Waals surface area contributed by atoms with Crippen LogP contribution in [0.25, 0.3) is 0 Å². The number of thioether (sulfide) groups is 1. The van der Waals surface area contributed by atoms with Crippen LogP contribution in [-0.4, -0.2) is 60.0 Å². The first-order valence-corrected chi connectivity index (χ1v) is 10.3. The zero-order valence-corrected chi connectivity index (χ0v) is 16.9. The lowest BCUT2D eigenvalue weighted by molar-refractivity contribution is 0.0522. The number of amides is 1. The van der Waals surface area contributed by atoms with Gasteiger partial charge in [0.15, 0.2) is 5.82 Å². The lowest BCUT2D eigenvalue weighted by atomic mass is 10.1. The first kappa shape index (κ1) is 19.5. The van der Waals surface area contributed by atoms with Gasteiger partial charge in [-0.05, 0) is 36.8 Å². The molecule has 1 fully saturated rings. The molecule has 1 atom stereocenters. The third kappa shape index (κ3) is 4.91. The van der Waals surface area contributed by atoms with Gasteiger partial charge in [-0.2, -0.15) is 0 Å². The number of carbonyl (C=O) groups is 1. The van der Waals surface area contributed by atoms with Gasteiger partial charge >= 0.3 is 0 Å². The van der Waals surface area contributed by atoms with E-state index in [1.165, 1.54) is 0 Å². The van der Waals surface area contributed by atoms with Crippen LogP contribution >= 0.6 is 11.8 Å². The quantitative estimate of drug-likeness (QED) is 0.710. The van der Waals surface area contributed by atoms with Crippen molar-refractivity contribution in [1.29, 1.82) is 0 Å². The molecule has 6 nitrogen and oxygen atoms in total. The molecule has 1 aromatic carbocycles. The number of ether oxygens (including phenoxy) is 1. The number of aromatic nitrogens is 2. The Labute approximate surface area is 164 Å². The summed E-state index contributed by atoms with van der Waals surface area (Å²) in [4.78, 5) is 17.9. The maximum Gasteiger partial charge on any atom is 0.255 e. The van der Waals surface area contributed by atoms with Crippen molar-refractivity contribution < 1.29 is 9.53 Å². The van der Waals surface area contributed by atoms with Crippen molar-refractivity contribution in [2.24, 2.45) is 0 Å². The van der Waals surface area contributed by atoms with E-state index in [1.807, 2.05) is 60.3 Å². The molecule has 144 valence electrons. The van der Waals surface area contributed by atoms with E-state index >= 15 is 0 Å². The Morgan fingerprint density at radius 3 is 2.78 bits per heavy atom. The van der Waals surface area contributed by atoms with Crippen molar-refractivity contribution in [3.8, 4) is 5.88 Å². The average Bonchev–Trinajstić information content (AvgIpc) is 2.69. The van der Waals surface area contributed by atoms with Crippen molar-refractivity contribution in [1.82, 2.24) is 15.1 Å². The van der Waals surface area contributed by atoms with Crippen molar-refractivity contribution in [2.45, 2.75) is 30.8 Å². The van der Waals surface area contributed by atoms with Crippen LogP contribution in [0.1, 0.15) is 30.1 Å². The van der Waals surface area contributed by atoms with Crippen LogP contribution in [0.15, 0.2) is 41.3 Å². The molecule has 1 unspecified atom stereocenters. The molecule has 3 rings (SSSR count). The Hall–Kier alpha value is -2.28. The zero-order chi connectivity index (χ0) is 19.2. The smallest absolute Gasteiger partial charge is 0.255 e. The van der Waals surface area contributed by atoms with Crippen molar-refractivity contribution in [2.75, 3.05) is 37.8 Å². The molecule has 0 N–H and O–H groups in total. The minimum Gasteiger partial charge on any atom is -0.471 e. The molecule has 1 amide bonds. The standard InChI is InChI=1S/C20H26N4O2S/c1-4-27-17-10-6-5-9-16(17)20(25)24-13-7-8-15(14-24)26-19-12-11-18(21-22-19)23(2)3/h5-6,9-12,15H,4,7-8,13-14H2,1-3H3. The highest BCUT2D eigenvalue weighted by Gasteiger charge is 2.27. The highest BCUT2D eigenvalue weighted by Crippen LogP contribution is 2.25. The number of hydrogen-bond donors (Lipinski definition) is 0. The normalized spacial score (nSPS) is 16.9. The molecular weight excluding hydrogens is 360 g/mol. The first-order valence-electron chi connectivity index (χ1n) is 9.27. The summed E-state index contributed by atoms with van der Waals surface area (Å²) in [5.41, 5.74) is 0.778. The molecule has 1 aliphatic heterocycles. The molecule has 0 bridgehead atoms. The van der Waals surface area contributed by atoms with Gasteiger partial charge < -0.3 is 14.5 Å². The monoisotopic (exact) mass is 386 g/mol. The molecule has 2 aromatic rings. The number of likely N-dealkylation sites (tertiary alicyclic amines) is 1. The Kier molecular flexibility index (Phi) is 6.55. The molecule has 1 saturated heterocycles. The van der Waals surface area contributed by atoms with Crippen molar-refractivity contribution >= 4 is 23.5 Å². The van der Waals surface area contributed by atoms with Gasteiger partial charge in [0, 0.05) is 31.6 Å². The van der Waals surface area contributed by atoms with Gasteiger partial charge in [0.05, 0.1) is 12.1 Å². The van der Waals surface area contributed by atoms with Crippen LogP contribution < -0.4 is 9.64 Å². The van der Waals surface area contributed by atoms with E-state index in [0.717, 1.165) is 41.4 Å². The van der Waals surface area contributed by atoms with Gasteiger partial charge in [-0.25, -0.2) is 0 Å². The first-order chi connectivity index (χ1) is 13.1. The summed E-state index contributed by atoms with van der Waals surface area (Å²) in [5.74, 6) is 2.31. The molecule has 0 aliphatic carbocycles. The third-order valence-electron chi connectivity index (χ3n) is 4.45. The minimum atomic E-state index is -0.0619. The average molecular weight is 387 g/mol. The van der Waals surface area contributed by atoms with Crippen LogP contribution in [0.4, 0.5) is 5.82 Å². The highest BCUT2D eigenvalue weighted by molar-refractivity contribution is 7.99. The lowest BCUT2D eigenvalue weighted by Crippen LogP contribution is -2.44. The van der Waals surface area contributed by atoms with Gasteiger partial charge in [-0.15, -0.1) is 22.0 Å². The second-order valence-electron chi connectivity index (χ2n) is 6.69. The summed E-state index contributed by atoms with van der Waals surface area (Å²) in [7, 11) is 3.84. The number of piperidine rings is 1. The summed E-state index contributed by atoms with van der Waals surface area (Å²) in [5, 5.41) is 8.28. The third-order valence-corrected chi connectivity index (χ3v) is 5.41. The number of carbonyl (C=O) groups excluding carboxylic acids is 1. The molecule has 1 aromatic heterocycles. The largest absolute Gasteiger partial charge is 0.471 e. The Morgan fingerprint density at radius 2 is 2.07 bits per heavy atom. The van der Waals surface area contributed by atoms with Crippen LogP contribution in [0.2, 0.25) is 0 Å². The van der Waals surface area contributed by atoms with E-state index in [9.17, 15) is 4.79 Å². The van der Waals surface area contributed by atoms with Gasteiger partial charge in [0.25, 0.3) is 5.91 Å². The van der Waals surface area contributed by atoms with Crippen LogP contribution in [0.3, 0.4) is 0 Å². The molecule has 0 saturated carbocycles. The molecule has 7 heteroatoms. The molecule has 0 radical (unpaired) electrons. The summed E-state index contributed by atoms with van der Waals surface area (Å²) in [6.45, 7) is 3.43. The number of nitrogens with zero attached hydrogens (tertiary/aromatic N) is 4. The van der Waals surface area contributed by atoms with Gasteiger partial charge in [-0.3, -0.25) is 4.79 Å². The number of hydrogen-bond acceptors (Lipinski definition) is 6. The highest BCUT2D eigenvalue weighted by atomic mass is 32.2. The zero-order valence-electron chi connectivity index (χ0n) is 16.1.